The number of ether oxygens (including phenoxy) is 1. The summed E-state index contributed by atoms with van der Waals surface area (Å²) in [5.74, 6) is -0.595. The van der Waals surface area contributed by atoms with Crippen molar-refractivity contribution in [1.29, 1.82) is 0 Å². The van der Waals surface area contributed by atoms with Crippen molar-refractivity contribution < 1.29 is 19.4 Å². The maximum absolute atomic E-state index is 11.5. The SMILES string of the molecule is COc1ccc(Cl)c(NC(=O)N[C@@H](C)C(=O)O)c1. The molecule has 0 aliphatic rings. The molecule has 0 aromatic heterocycles. The highest BCUT2D eigenvalue weighted by atomic mass is 35.5. The number of carbonyl (C=O) groups is 2. The van der Waals surface area contributed by atoms with E-state index in [4.69, 9.17) is 21.4 Å². The molecule has 2 amide bonds. The number of amides is 2. The first-order valence-corrected chi connectivity index (χ1v) is 5.45. The minimum Gasteiger partial charge on any atom is -0.497 e. The van der Waals surface area contributed by atoms with E-state index in [0.29, 0.717) is 16.5 Å². The Morgan fingerprint density at radius 2 is 2.11 bits per heavy atom. The van der Waals surface area contributed by atoms with E-state index in [0.717, 1.165) is 0 Å². The molecule has 6 nitrogen and oxygen atoms in total. The molecule has 1 aromatic carbocycles. The Labute approximate surface area is 109 Å². The van der Waals surface area contributed by atoms with Gasteiger partial charge in [0.05, 0.1) is 17.8 Å². The average Bonchev–Trinajstić information content (AvgIpc) is 2.31. The van der Waals surface area contributed by atoms with Gasteiger partial charge in [-0.1, -0.05) is 11.6 Å². The molecule has 0 aliphatic heterocycles. The lowest BCUT2D eigenvalue weighted by Crippen LogP contribution is -2.40. The third-order valence-electron chi connectivity index (χ3n) is 2.14. The fourth-order valence-electron chi connectivity index (χ4n) is 1.14. The van der Waals surface area contributed by atoms with Crippen molar-refractivity contribution in [3.05, 3.63) is 23.2 Å². The molecule has 18 heavy (non-hydrogen) atoms. The second kappa shape index (κ2) is 6.11. The molecule has 1 aromatic rings. The van der Waals surface area contributed by atoms with Gasteiger partial charge in [0.25, 0.3) is 0 Å². The van der Waals surface area contributed by atoms with Crippen molar-refractivity contribution in [3.63, 3.8) is 0 Å². The lowest BCUT2D eigenvalue weighted by Gasteiger charge is -2.12. The quantitative estimate of drug-likeness (QED) is 0.782. The van der Waals surface area contributed by atoms with Crippen molar-refractivity contribution in [3.8, 4) is 5.75 Å². The van der Waals surface area contributed by atoms with Crippen LogP contribution in [0.2, 0.25) is 5.02 Å². The highest BCUT2D eigenvalue weighted by molar-refractivity contribution is 6.33. The first kappa shape index (κ1) is 14.1. The van der Waals surface area contributed by atoms with Gasteiger partial charge in [0.1, 0.15) is 11.8 Å². The summed E-state index contributed by atoms with van der Waals surface area (Å²) in [7, 11) is 1.49. The normalized spacial score (nSPS) is 11.5. The fourth-order valence-corrected chi connectivity index (χ4v) is 1.31. The van der Waals surface area contributed by atoms with E-state index < -0.39 is 18.0 Å². The van der Waals surface area contributed by atoms with Gasteiger partial charge in [-0.25, -0.2) is 4.79 Å². The standard InChI is InChI=1S/C11H13ClN2O4/c1-6(10(15)16)13-11(17)14-9-5-7(18-2)3-4-8(9)12/h3-6H,1-2H3,(H,15,16)(H2,13,14,17)/t6-/m0/s1. The first-order chi connectivity index (χ1) is 8.43. The minimum atomic E-state index is -1.12. The van der Waals surface area contributed by atoms with Crippen LogP contribution in [0.15, 0.2) is 18.2 Å². The van der Waals surface area contributed by atoms with Gasteiger partial charge in [-0.15, -0.1) is 0 Å². The lowest BCUT2D eigenvalue weighted by atomic mass is 10.3. The Hall–Kier alpha value is -1.95. The molecule has 3 N–H and O–H groups in total. The third-order valence-corrected chi connectivity index (χ3v) is 2.47. The number of carbonyl (C=O) groups excluding carboxylic acids is 1. The number of carboxylic acid groups (broad SMARTS) is 1. The maximum Gasteiger partial charge on any atom is 0.325 e. The van der Waals surface area contributed by atoms with E-state index in [1.807, 2.05) is 0 Å². The van der Waals surface area contributed by atoms with E-state index >= 15 is 0 Å². The second-order valence-electron chi connectivity index (χ2n) is 3.50. The van der Waals surface area contributed by atoms with Gasteiger partial charge in [0.15, 0.2) is 0 Å². The van der Waals surface area contributed by atoms with Gasteiger partial charge in [0.2, 0.25) is 0 Å². The Kier molecular flexibility index (Phi) is 4.79. The summed E-state index contributed by atoms with van der Waals surface area (Å²) in [6.45, 7) is 1.36. The topological polar surface area (TPSA) is 87.7 Å². The van der Waals surface area contributed by atoms with Gasteiger partial charge in [-0.2, -0.15) is 0 Å². The smallest absolute Gasteiger partial charge is 0.325 e. The molecule has 0 aliphatic carbocycles. The van der Waals surface area contributed by atoms with Gasteiger partial charge in [-0.3, -0.25) is 4.79 Å². The van der Waals surface area contributed by atoms with E-state index in [2.05, 4.69) is 10.6 Å². The highest BCUT2D eigenvalue weighted by Gasteiger charge is 2.14. The Balaban J connectivity index is 2.72. The molecule has 0 saturated heterocycles. The van der Waals surface area contributed by atoms with Crippen LogP contribution in [0.1, 0.15) is 6.92 Å². The van der Waals surface area contributed by atoms with Crippen LogP contribution in [0.4, 0.5) is 10.5 Å². The van der Waals surface area contributed by atoms with Crippen molar-refractivity contribution in [2.45, 2.75) is 13.0 Å². The largest absolute Gasteiger partial charge is 0.497 e. The highest BCUT2D eigenvalue weighted by Crippen LogP contribution is 2.26. The number of methoxy groups -OCH3 is 1. The molecule has 0 fully saturated rings. The van der Waals surface area contributed by atoms with Crippen molar-refractivity contribution in [1.82, 2.24) is 5.32 Å². The molecule has 0 spiro atoms. The number of benzene rings is 1. The molecule has 0 unspecified atom stereocenters. The van der Waals surface area contributed by atoms with E-state index in [1.54, 1.807) is 12.1 Å². The monoisotopic (exact) mass is 272 g/mol. The zero-order chi connectivity index (χ0) is 13.7. The predicted molar refractivity (Wildman–Crippen MR) is 67.3 cm³/mol. The molecule has 98 valence electrons. The van der Waals surface area contributed by atoms with Crippen molar-refractivity contribution >= 4 is 29.3 Å². The summed E-state index contributed by atoms with van der Waals surface area (Å²) in [5, 5.41) is 13.7. The van der Waals surface area contributed by atoms with Gasteiger partial charge in [0, 0.05) is 6.07 Å². The van der Waals surface area contributed by atoms with Gasteiger partial charge >= 0.3 is 12.0 Å². The number of anilines is 1. The van der Waals surface area contributed by atoms with Gasteiger partial charge in [-0.05, 0) is 19.1 Å². The second-order valence-corrected chi connectivity index (χ2v) is 3.91. The summed E-state index contributed by atoms with van der Waals surface area (Å²) < 4.78 is 4.99. The number of halogens is 1. The average molecular weight is 273 g/mol. The number of nitrogens with one attached hydrogen (secondary N) is 2. The Bertz CT molecular complexity index is 464. The first-order valence-electron chi connectivity index (χ1n) is 5.08. The maximum atomic E-state index is 11.5. The molecule has 1 atom stereocenters. The Morgan fingerprint density at radius 1 is 1.44 bits per heavy atom. The summed E-state index contributed by atoms with van der Waals surface area (Å²) in [6, 6.07) is 3.10. The van der Waals surface area contributed by atoms with E-state index in [1.165, 1.54) is 20.1 Å². The number of aliphatic carboxylic acids is 1. The number of urea groups is 1. The lowest BCUT2D eigenvalue weighted by molar-refractivity contribution is -0.138. The predicted octanol–water partition coefficient (Wildman–Crippen LogP) is 1.94. The molecule has 0 heterocycles. The fraction of sp³-hybridized carbons (Fsp3) is 0.273. The van der Waals surface area contributed by atoms with Crippen LogP contribution in [0.3, 0.4) is 0 Å². The van der Waals surface area contributed by atoms with E-state index in [-0.39, 0.29) is 0 Å². The van der Waals surface area contributed by atoms with Crippen LogP contribution < -0.4 is 15.4 Å². The number of carboxylic acids is 1. The number of hydrogen-bond donors (Lipinski definition) is 3. The molecule has 0 bridgehead atoms. The van der Waals surface area contributed by atoms with Crippen LogP contribution in [-0.2, 0) is 4.79 Å². The van der Waals surface area contributed by atoms with Crippen LogP contribution in [0, 0.1) is 0 Å². The summed E-state index contributed by atoms with van der Waals surface area (Å²) in [5.41, 5.74) is 0.339. The van der Waals surface area contributed by atoms with Crippen molar-refractivity contribution in [2.75, 3.05) is 12.4 Å². The molecule has 1 rings (SSSR count). The number of hydrogen-bond acceptors (Lipinski definition) is 3. The van der Waals surface area contributed by atoms with Gasteiger partial charge < -0.3 is 20.5 Å². The van der Waals surface area contributed by atoms with Crippen LogP contribution in [0.5, 0.6) is 5.75 Å². The summed E-state index contributed by atoms with van der Waals surface area (Å²) >= 11 is 5.88. The van der Waals surface area contributed by atoms with Crippen LogP contribution in [0.25, 0.3) is 0 Å². The summed E-state index contributed by atoms with van der Waals surface area (Å²) in [6.07, 6.45) is 0. The Morgan fingerprint density at radius 3 is 2.67 bits per heavy atom. The number of rotatable bonds is 4. The summed E-state index contributed by atoms with van der Waals surface area (Å²) in [4.78, 5) is 22.1. The molecule has 7 heteroatoms. The molecular weight excluding hydrogens is 260 g/mol. The van der Waals surface area contributed by atoms with E-state index in [9.17, 15) is 9.59 Å². The minimum absolute atomic E-state index is 0.328. The zero-order valence-corrected chi connectivity index (χ0v) is 10.6. The molecular formula is C11H13ClN2O4. The molecule has 0 radical (unpaired) electrons. The van der Waals surface area contributed by atoms with Crippen LogP contribution >= 0.6 is 11.6 Å². The van der Waals surface area contributed by atoms with Crippen LogP contribution in [-0.4, -0.2) is 30.3 Å². The third kappa shape index (κ3) is 3.81. The zero-order valence-electron chi connectivity index (χ0n) is 9.86. The molecule has 0 saturated carbocycles. The van der Waals surface area contributed by atoms with Crippen molar-refractivity contribution in [2.24, 2.45) is 0 Å².